The highest BCUT2D eigenvalue weighted by Crippen LogP contribution is 2.19. The predicted molar refractivity (Wildman–Crippen MR) is 193 cm³/mol. The van der Waals surface area contributed by atoms with Gasteiger partial charge in [0.2, 0.25) is 0 Å². The van der Waals surface area contributed by atoms with E-state index < -0.39 is 0 Å². The van der Waals surface area contributed by atoms with Gasteiger partial charge in [-0.2, -0.15) is 0 Å². The average Bonchev–Trinajstić information content (AvgIpc) is 3.42. The van der Waals surface area contributed by atoms with Crippen LogP contribution in [-0.2, 0) is 4.74 Å². The van der Waals surface area contributed by atoms with Crippen LogP contribution in [0.25, 0.3) is 0 Å². The number of rotatable bonds is 2. The SMILES string of the molecule is CC.CC(C)(C)C.CC(C)(C)N1CCCC1.CC(C)(C)N1CCOCC1.CCN(CC)C(C)(C)C.Cc1ccccc1. The average molecular weight is 594 g/mol. The van der Waals surface area contributed by atoms with Crippen LogP contribution in [0, 0.1) is 12.3 Å². The van der Waals surface area contributed by atoms with Crippen molar-refractivity contribution in [3.05, 3.63) is 35.9 Å². The van der Waals surface area contributed by atoms with E-state index in [9.17, 15) is 0 Å². The first-order valence-corrected chi connectivity index (χ1v) is 17.0. The van der Waals surface area contributed by atoms with Gasteiger partial charge in [0, 0.05) is 29.7 Å². The molecule has 0 atom stereocenters. The van der Waals surface area contributed by atoms with Crippen LogP contribution in [0.5, 0.6) is 0 Å². The zero-order chi connectivity index (χ0) is 33.6. The van der Waals surface area contributed by atoms with Gasteiger partial charge in [0.15, 0.2) is 0 Å². The van der Waals surface area contributed by atoms with Crippen LogP contribution in [0.2, 0.25) is 0 Å². The van der Waals surface area contributed by atoms with Gasteiger partial charge in [-0.05, 0) is 114 Å². The molecule has 0 aliphatic carbocycles. The van der Waals surface area contributed by atoms with Crippen molar-refractivity contribution in [1.82, 2.24) is 14.7 Å². The lowest BCUT2D eigenvalue weighted by molar-refractivity contribution is -0.00389. The molecule has 4 heteroatoms. The molecule has 0 aromatic heterocycles. The maximum absolute atomic E-state index is 5.25. The fourth-order valence-corrected chi connectivity index (χ4v) is 4.33. The Morgan fingerprint density at radius 1 is 0.619 bits per heavy atom. The maximum atomic E-state index is 5.25. The molecule has 0 N–H and O–H groups in total. The lowest BCUT2D eigenvalue weighted by Crippen LogP contribution is -2.47. The van der Waals surface area contributed by atoms with Crippen LogP contribution < -0.4 is 0 Å². The minimum Gasteiger partial charge on any atom is -0.379 e. The third kappa shape index (κ3) is 29.1. The fourth-order valence-electron chi connectivity index (χ4n) is 4.33. The standard InChI is InChI=1S/C8H17NO.C8H17N.C8H19N.C7H8.C5H12.C2H6/c1-8(2,3)9-4-6-10-7-5-9;1-8(2,3)9-6-4-5-7-9;1-6-9(7-2)8(3,4)5;1-7-5-3-2-4-6-7;1-5(2,3)4;1-2/h4-7H2,1-3H3;4-7H2,1-3H3;6-7H2,1-5H3;2-6H,1H3;1-4H3;1-2H3. The summed E-state index contributed by atoms with van der Waals surface area (Å²) >= 11 is 0. The van der Waals surface area contributed by atoms with Crippen molar-refractivity contribution in [2.24, 2.45) is 5.41 Å². The van der Waals surface area contributed by atoms with Gasteiger partial charge in [0.05, 0.1) is 13.2 Å². The number of benzene rings is 1. The topological polar surface area (TPSA) is 19.0 Å². The summed E-state index contributed by atoms with van der Waals surface area (Å²) in [4.78, 5) is 7.44. The van der Waals surface area contributed by atoms with E-state index in [0.717, 1.165) is 39.4 Å². The van der Waals surface area contributed by atoms with Crippen molar-refractivity contribution < 1.29 is 4.74 Å². The number of ether oxygens (including phenoxy) is 1. The fraction of sp³-hybridized carbons (Fsp3) is 0.842. The third-order valence-corrected chi connectivity index (χ3v) is 6.67. The Labute approximate surface area is 267 Å². The first-order valence-electron chi connectivity index (χ1n) is 17.0. The number of likely N-dealkylation sites (tertiary alicyclic amines) is 1. The van der Waals surface area contributed by atoms with E-state index in [1.165, 1.54) is 31.5 Å². The summed E-state index contributed by atoms with van der Waals surface area (Å²) in [7, 11) is 0. The molecule has 42 heavy (non-hydrogen) atoms. The smallest absolute Gasteiger partial charge is 0.0594 e. The number of hydrogen-bond donors (Lipinski definition) is 0. The number of nitrogens with zero attached hydrogens (tertiary/aromatic N) is 3. The Kier molecular flexibility index (Phi) is 25.4. The Hall–Kier alpha value is -0.940. The molecule has 2 saturated heterocycles. The van der Waals surface area contributed by atoms with Crippen LogP contribution in [0.15, 0.2) is 30.3 Å². The van der Waals surface area contributed by atoms with Crippen molar-refractivity contribution in [2.45, 2.75) is 154 Å². The second kappa shape index (κ2) is 23.4. The summed E-state index contributed by atoms with van der Waals surface area (Å²) in [6.07, 6.45) is 2.80. The van der Waals surface area contributed by atoms with E-state index in [1.807, 2.05) is 32.0 Å². The lowest BCUT2D eigenvalue weighted by Gasteiger charge is -2.38. The zero-order valence-electron chi connectivity index (χ0n) is 32.2. The lowest BCUT2D eigenvalue weighted by atomic mass is 10.0. The highest BCUT2D eigenvalue weighted by atomic mass is 16.5. The molecule has 2 aliphatic heterocycles. The third-order valence-electron chi connectivity index (χ3n) is 6.67. The second-order valence-corrected chi connectivity index (χ2v) is 15.6. The monoisotopic (exact) mass is 594 g/mol. The van der Waals surface area contributed by atoms with E-state index in [4.69, 9.17) is 4.74 Å². The van der Waals surface area contributed by atoms with Gasteiger partial charge >= 0.3 is 0 Å². The van der Waals surface area contributed by atoms with E-state index in [-0.39, 0.29) is 0 Å². The van der Waals surface area contributed by atoms with Crippen molar-refractivity contribution in [2.75, 3.05) is 52.5 Å². The molecular formula is C38H79N3O. The van der Waals surface area contributed by atoms with Crippen molar-refractivity contribution in [3.8, 4) is 0 Å². The zero-order valence-corrected chi connectivity index (χ0v) is 32.2. The van der Waals surface area contributed by atoms with Gasteiger partial charge in [-0.1, -0.05) is 91.3 Å². The number of morpholine rings is 1. The van der Waals surface area contributed by atoms with Gasteiger partial charge in [-0.15, -0.1) is 0 Å². The largest absolute Gasteiger partial charge is 0.379 e. The molecule has 2 fully saturated rings. The molecule has 0 amide bonds. The maximum Gasteiger partial charge on any atom is 0.0594 e. The van der Waals surface area contributed by atoms with Crippen LogP contribution in [0.4, 0.5) is 0 Å². The van der Waals surface area contributed by atoms with Gasteiger partial charge in [0.1, 0.15) is 0 Å². The first kappa shape index (κ1) is 45.5. The summed E-state index contributed by atoms with van der Waals surface area (Å²) in [5.41, 5.74) is 2.91. The molecule has 3 rings (SSSR count). The molecule has 252 valence electrons. The van der Waals surface area contributed by atoms with E-state index in [0.29, 0.717) is 22.0 Å². The molecule has 0 bridgehead atoms. The normalized spacial score (nSPS) is 16.2. The minimum absolute atomic E-state index is 0.323. The highest BCUT2D eigenvalue weighted by molar-refractivity contribution is 5.11. The molecule has 0 unspecified atom stereocenters. The molecule has 0 spiro atoms. The second-order valence-electron chi connectivity index (χ2n) is 15.6. The van der Waals surface area contributed by atoms with Gasteiger partial charge in [0.25, 0.3) is 0 Å². The Bertz CT molecular complexity index is 671. The molecule has 0 radical (unpaired) electrons. The number of aryl methyl sites for hydroxylation is 1. The van der Waals surface area contributed by atoms with Crippen molar-refractivity contribution in [3.63, 3.8) is 0 Å². The van der Waals surface area contributed by atoms with Crippen molar-refractivity contribution in [1.29, 1.82) is 0 Å². The van der Waals surface area contributed by atoms with Crippen LogP contribution >= 0.6 is 0 Å². The summed E-state index contributed by atoms with van der Waals surface area (Å²) < 4.78 is 5.25. The molecule has 0 saturated carbocycles. The molecule has 2 heterocycles. The Balaban J connectivity index is -0.000000453. The summed E-state index contributed by atoms with van der Waals surface area (Å²) in [5.74, 6) is 0. The van der Waals surface area contributed by atoms with Gasteiger partial charge < -0.3 is 4.74 Å². The van der Waals surface area contributed by atoms with Crippen molar-refractivity contribution >= 4 is 0 Å². The molecular weight excluding hydrogens is 514 g/mol. The van der Waals surface area contributed by atoms with Crippen LogP contribution in [-0.4, -0.2) is 83.8 Å². The predicted octanol–water partition coefficient (Wildman–Crippen LogP) is 10.2. The minimum atomic E-state index is 0.323. The Morgan fingerprint density at radius 2 is 0.952 bits per heavy atom. The Morgan fingerprint density at radius 3 is 1.12 bits per heavy atom. The number of hydrogen-bond acceptors (Lipinski definition) is 4. The summed E-state index contributed by atoms with van der Waals surface area (Å²) in [6.45, 7) is 48.5. The quantitative estimate of drug-likeness (QED) is 0.339. The summed E-state index contributed by atoms with van der Waals surface area (Å²) in [6, 6.07) is 10.3. The van der Waals surface area contributed by atoms with E-state index in [1.54, 1.807) is 0 Å². The molecule has 1 aromatic rings. The van der Waals surface area contributed by atoms with Gasteiger partial charge in [-0.3, -0.25) is 14.7 Å². The molecule has 4 nitrogen and oxygen atoms in total. The summed E-state index contributed by atoms with van der Waals surface area (Å²) in [5, 5.41) is 0. The molecule has 1 aromatic carbocycles. The molecule has 2 aliphatic rings. The first-order chi connectivity index (χ1) is 19.1. The van der Waals surface area contributed by atoms with Gasteiger partial charge in [-0.25, -0.2) is 0 Å². The van der Waals surface area contributed by atoms with E-state index >= 15 is 0 Å². The van der Waals surface area contributed by atoms with Crippen LogP contribution in [0.1, 0.15) is 136 Å². The van der Waals surface area contributed by atoms with E-state index in [2.05, 4.69) is 138 Å². The van der Waals surface area contributed by atoms with Crippen LogP contribution in [0.3, 0.4) is 0 Å². The highest BCUT2D eigenvalue weighted by Gasteiger charge is 2.24.